The summed E-state index contributed by atoms with van der Waals surface area (Å²) in [6.07, 6.45) is 3.70. The number of aromatic nitrogens is 4. The van der Waals surface area contributed by atoms with E-state index in [9.17, 15) is 9.59 Å². The SMILES string of the molecule is CCCc1c(Cl)[nH]c(=O)n(CCc2ccn(C)n2)c1=O. The van der Waals surface area contributed by atoms with Crippen LogP contribution in [0.5, 0.6) is 0 Å². The third kappa shape index (κ3) is 3.01. The molecule has 108 valence electrons. The third-order valence-corrected chi connectivity index (χ3v) is 3.41. The van der Waals surface area contributed by atoms with Gasteiger partial charge in [0.15, 0.2) is 0 Å². The van der Waals surface area contributed by atoms with Crippen LogP contribution in [0.2, 0.25) is 5.15 Å². The minimum atomic E-state index is -0.476. The first-order valence-corrected chi connectivity index (χ1v) is 6.90. The van der Waals surface area contributed by atoms with Crippen molar-refractivity contribution in [3.63, 3.8) is 0 Å². The zero-order valence-corrected chi connectivity index (χ0v) is 12.3. The first kappa shape index (κ1) is 14.6. The van der Waals surface area contributed by atoms with Crippen molar-refractivity contribution in [2.24, 2.45) is 7.05 Å². The second-order valence-electron chi connectivity index (χ2n) is 4.66. The van der Waals surface area contributed by atoms with E-state index in [-0.39, 0.29) is 10.7 Å². The molecular formula is C13H17ClN4O2. The van der Waals surface area contributed by atoms with E-state index in [1.165, 1.54) is 4.57 Å². The number of rotatable bonds is 5. The van der Waals surface area contributed by atoms with Crippen LogP contribution in [0, 0.1) is 0 Å². The van der Waals surface area contributed by atoms with Crippen LogP contribution in [0.4, 0.5) is 0 Å². The first-order chi connectivity index (χ1) is 9.52. The minimum absolute atomic E-state index is 0.149. The molecule has 0 aromatic carbocycles. The van der Waals surface area contributed by atoms with E-state index < -0.39 is 5.69 Å². The predicted molar refractivity (Wildman–Crippen MR) is 77.2 cm³/mol. The van der Waals surface area contributed by atoms with Gasteiger partial charge >= 0.3 is 5.69 Å². The maximum atomic E-state index is 12.3. The molecule has 2 rings (SSSR count). The quantitative estimate of drug-likeness (QED) is 0.840. The molecule has 1 N–H and O–H groups in total. The number of hydrogen-bond acceptors (Lipinski definition) is 3. The Bertz CT molecular complexity index is 714. The minimum Gasteiger partial charge on any atom is -0.297 e. The zero-order valence-electron chi connectivity index (χ0n) is 11.5. The number of aromatic amines is 1. The standard InChI is InChI=1S/C13H17ClN4O2/c1-3-4-10-11(14)15-13(20)18(12(10)19)8-6-9-5-7-17(2)16-9/h5,7H,3-4,6,8H2,1-2H3,(H,15,20). The zero-order chi connectivity index (χ0) is 14.7. The molecule has 0 bridgehead atoms. The second kappa shape index (κ2) is 6.09. The van der Waals surface area contributed by atoms with Gasteiger partial charge < -0.3 is 0 Å². The Morgan fingerprint density at radius 1 is 1.35 bits per heavy atom. The lowest BCUT2D eigenvalue weighted by atomic mass is 10.2. The highest BCUT2D eigenvalue weighted by Crippen LogP contribution is 2.08. The van der Waals surface area contributed by atoms with E-state index in [1.807, 2.05) is 26.2 Å². The topological polar surface area (TPSA) is 72.7 Å². The first-order valence-electron chi connectivity index (χ1n) is 6.53. The Morgan fingerprint density at radius 2 is 2.10 bits per heavy atom. The summed E-state index contributed by atoms with van der Waals surface area (Å²) in [7, 11) is 1.82. The summed E-state index contributed by atoms with van der Waals surface area (Å²) < 4.78 is 2.87. The number of nitrogens with one attached hydrogen (secondary N) is 1. The fraction of sp³-hybridized carbons (Fsp3) is 0.462. The lowest BCUT2D eigenvalue weighted by molar-refractivity contribution is 0.604. The van der Waals surface area contributed by atoms with Crippen LogP contribution in [-0.4, -0.2) is 19.3 Å². The molecule has 2 aromatic heterocycles. The lowest BCUT2D eigenvalue weighted by Crippen LogP contribution is -2.38. The number of hydrogen-bond donors (Lipinski definition) is 1. The Morgan fingerprint density at radius 3 is 2.70 bits per heavy atom. The average Bonchev–Trinajstić information content (AvgIpc) is 2.80. The van der Waals surface area contributed by atoms with Crippen molar-refractivity contribution in [1.82, 2.24) is 19.3 Å². The van der Waals surface area contributed by atoms with Gasteiger partial charge in [-0.2, -0.15) is 5.10 Å². The fourth-order valence-corrected chi connectivity index (χ4v) is 2.33. The van der Waals surface area contributed by atoms with Gasteiger partial charge in [0.05, 0.1) is 11.3 Å². The van der Waals surface area contributed by atoms with Crippen molar-refractivity contribution >= 4 is 11.6 Å². The monoisotopic (exact) mass is 296 g/mol. The highest BCUT2D eigenvalue weighted by atomic mass is 35.5. The van der Waals surface area contributed by atoms with Crippen LogP contribution in [0.1, 0.15) is 24.6 Å². The van der Waals surface area contributed by atoms with Crippen LogP contribution in [0.15, 0.2) is 21.9 Å². The van der Waals surface area contributed by atoms with Crippen molar-refractivity contribution in [3.05, 3.63) is 49.5 Å². The van der Waals surface area contributed by atoms with Crippen LogP contribution < -0.4 is 11.2 Å². The molecule has 0 aliphatic rings. The molecule has 2 aromatic rings. The number of halogens is 1. The van der Waals surface area contributed by atoms with Crippen molar-refractivity contribution in [1.29, 1.82) is 0 Å². The van der Waals surface area contributed by atoms with E-state index in [1.54, 1.807) is 4.68 Å². The normalized spacial score (nSPS) is 10.9. The predicted octanol–water partition coefficient (Wildman–Crippen LogP) is 1.12. The lowest BCUT2D eigenvalue weighted by Gasteiger charge is -2.07. The summed E-state index contributed by atoms with van der Waals surface area (Å²) in [6, 6.07) is 1.86. The smallest absolute Gasteiger partial charge is 0.297 e. The average molecular weight is 297 g/mol. The summed E-state index contributed by atoms with van der Waals surface area (Å²) in [5.74, 6) is 0. The van der Waals surface area contributed by atoms with Gasteiger partial charge in [-0.1, -0.05) is 24.9 Å². The van der Waals surface area contributed by atoms with Crippen molar-refractivity contribution in [3.8, 4) is 0 Å². The molecule has 2 heterocycles. The molecule has 0 spiro atoms. The summed E-state index contributed by atoms with van der Waals surface area (Å²) in [4.78, 5) is 26.6. The summed E-state index contributed by atoms with van der Waals surface area (Å²) in [5.41, 5.74) is 0.521. The van der Waals surface area contributed by atoms with Crippen LogP contribution in [-0.2, 0) is 26.4 Å². The summed E-state index contributed by atoms with van der Waals surface area (Å²) in [5, 5.41) is 4.37. The molecule has 0 unspecified atom stereocenters. The van der Waals surface area contributed by atoms with Crippen molar-refractivity contribution < 1.29 is 0 Å². The number of nitrogens with zero attached hydrogens (tertiary/aromatic N) is 3. The molecule has 0 saturated carbocycles. The van der Waals surface area contributed by atoms with Crippen LogP contribution in [0.3, 0.4) is 0 Å². The maximum absolute atomic E-state index is 12.3. The molecule has 0 fully saturated rings. The maximum Gasteiger partial charge on any atom is 0.329 e. The number of H-pyrrole nitrogens is 1. The molecule has 0 aliphatic carbocycles. The van der Waals surface area contributed by atoms with Gasteiger partial charge in [-0.15, -0.1) is 0 Å². The highest BCUT2D eigenvalue weighted by Gasteiger charge is 2.12. The van der Waals surface area contributed by atoms with Crippen LogP contribution >= 0.6 is 11.6 Å². The van der Waals surface area contributed by atoms with E-state index in [2.05, 4.69) is 10.1 Å². The molecule has 0 amide bonds. The highest BCUT2D eigenvalue weighted by molar-refractivity contribution is 6.30. The molecule has 0 radical (unpaired) electrons. The number of aryl methyl sites for hydroxylation is 2. The van der Waals surface area contributed by atoms with Crippen LogP contribution in [0.25, 0.3) is 0 Å². The van der Waals surface area contributed by atoms with E-state index in [0.29, 0.717) is 24.9 Å². The second-order valence-corrected chi connectivity index (χ2v) is 5.04. The Kier molecular flexibility index (Phi) is 4.44. The molecule has 0 atom stereocenters. The Hall–Kier alpha value is -1.82. The van der Waals surface area contributed by atoms with Gasteiger partial charge in [-0.05, 0) is 12.5 Å². The molecule has 0 aliphatic heterocycles. The molecular weight excluding hydrogens is 280 g/mol. The van der Waals surface area contributed by atoms with Gasteiger partial charge in [0.2, 0.25) is 0 Å². The van der Waals surface area contributed by atoms with Crippen molar-refractivity contribution in [2.45, 2.75) is 32.7 Å². The van der Waals surface area contributed by atoms with E-state index in [0.717, 1.165) is 12.1 Å². The van der Waals surface area contributed by atoms with Gasteiger partial charge in [-0.3, -0.25) is 19.0 Å². The molecule has 0 saturated heterocycles. The van der Waals surface area contributed by atoms with Gasteiger partial charge in [-0.25, -0.2) is 4.79 Å². The molecule has 7 heteroatoms. The summed E-state index contributed by atoms with van der Waals surface area (Å²) in [6.45, 7) is 2.25. The van der Waals surface area contributed by atoms with E-state index in [4.69, 9.17) is 11.6 Å². The van der Waals surface area contributed by atoms with Crippen molar-refractivity contribution in [2.75, 3.05) is 0 Å². The largest absolute Gasteiger partial charge is 0.329 e. The van der Waals surface area contributed by atoms with Gasteiger partial charge in [0.25, 0.3) is 5.56 Å². The fourth-order valence-electron chi connectivity index (χ4n) is 2.08. The third-order valence-electron chi connectivity index (χ3n) is 3.09. The Balaban J connectivity index is 2.29. The Labute approximate surface area is 121 Å². The van der Waals surface area contributed by atoms with Gasteiger partial charge in [0.1, 0.15) is 5.15 Å². The van der Waals surface area contributed by atoms with E-state index >= 15 is 0 Å². The molecule has 20 heavy (non-hydrogen) atoms. The molecule has 6 nitrogen and oxygen atoms in total. The summed E-state index contributed by atoms with van der Waals surface area (Å²) >= 11 is 5.92. The van der Waals surface area contributed by atoms with Gasteiger partial charge in [0, 0.05) is 26.2 Å².